The minimum Gasteiger partial charge on any atom is -0.475 e. The van der Waals surface area contributed by atoms with Gasteiger partial charge >= 0.3 is 6.18 Å². The van der Waals surface area contributed by atoms with Gasteiger partial charge in [0, 0.05) is 19.9 Å². The number of unbranched alkanes of at least 4 members (excludes halogenated alkanes) is 1. The van der Waals surface area contributed by atoms with E-state index in [0.717, 1.165) is 4.90 Å². The second-order valence-corrected chi connectivity index (χ2v) is 4.89. The van der Waals surface area contributed by atoms with Crippen molar-refractivity contribution >= 4 is 5.91 Å². The van der Waals surface area contributed by atoms with Gasteiger partial charge in [-0.3, -0.25) is 4.79 Å². The molecule has 0 bridgehead atoms. The van der Waals surface area contributed by atoms with Crippen LogP contribution in [0.25, 0.3) is 0 Å². The van der Waals surface area contributed by atoms with E-state index in [2.05, 4.69) is 4.98 Å². The van der Waals surface area contributed by atoms with Gasteiger partial charge in [-0.05, 0) is 18.6 Å². The van der Waals surface area contributed by atoms with Crippen LogP contribution >= 0.6 is 0 Å². The van der Waals surface area contributed by atoms with Crippen LogP contribution in [-0.4, -0.2) is 55.4 Å². The number of alkyl halides is 3. The van der Waals surface area contributed by atoms with Crippen molar-refractivity contribution < 1.29 is 27.4 Å². The molecule has 0 saturated heterocycles. The first-order valence-electron chi connectivity index (χ1n) is 7.31. The maximum absolute atomic E-state index is 12.7. The number of halogens is 3. The summed E-state index contributed by atoms with van der Waals surface area (Å²) in [5.41, 5.74) is 0.0176. The van der Waals surface area contributed by atoms with Crippen LogP contribution in [0.4, 0.5) is 13.2 Å². The summed E-state index contributed by atoms with van der Waals surface area (Å²) in [4.78, 5) is 17.2. The summed E-state index contributed by atoms with van der Waals surface area (Å²) in [6.45, 7) is 1.02. The van der Waals surface area contributed by atoms with E-state index in [1.54, 1.807) is 0 Å². The molecule has 1 aromatic heterocycles. The largest absolute Gasteiger partial charge is 0.475 e. The van der Waals surface area contributed by atoms with Crippen molar-refractivity contribution in [2.75, 3.05) is 33.4 Å². The Morgan fingerprint density at radius 3 is 2.70 bits per heavy atom. The molecule has 0 aliphatic carbocycles. The molecule has 0 spiro atoms. The van der Waals surface area contributed by atoms with Crippen LogP contribution in [0, 0.1) is 0 Å². The average molecular weight is 334 g/mol. The van der Waals surface area contributed by atoms with Gasteiger partial charge in [-0.2, -0.15) is 13.2 Å². The van der Waals surface area contributed by atoms with Crippen LogP contribution in [-0.2, 0) is 4.74 Å². The maximum Gasteiger partial charge on any atom is 0.406 e. The van der Waals surface area contributed by atoms with Gasteiger partial charge in [0.05, 0.1) is 6.61 Å². The van der Waals surface area contributed by atoms with Crippen molar-refractivity contribution in [2.24, 2.45) is 0 Å². The molecule has 1 aromatic rings. The molecule has 0 aliphatic rings. The Morgan fingerprint density at radius 1 is 1.35 bits per heavy atom. The molecule has 0 aliphatic heterocycles. The van der Waals surface area contributed by atoms with Crippen molar-refractivity contribution in [1.82, 2.24) is 9.88 Å². The number of rotatable bonds is 9. The Labute approximate surface area is 133 Å². The highest BCUT2D eigenvalue weighted by molar-refractivity contribution is 5.96. The predicted octanol–water partition coefficient (Wildman–Crippen LogP) is 2.91. The molecule has 0 radical (unpaired) electrons. The first kappa shape index (κ1) is 19.2. The number of pyridine rings is 1. The number of hydrogen-bond acceptors (Lipinski definition) is 4. The lowest BCUT2D eigenvalue weighted by Gasteiger charge is -2.24. The van der Waals surface area contributed by atoms with E-state index in [1.807, 2.05) is 6.92 Å². The zero-order valence-corrected chi connectivity index (χ0v) is 13.2. The molecule has 0 saturated carbocycles. The van der Waals surface area contributed by atoms with Crippen LogP contribution in [0.5, 0.6) is 5.88 Å². The molecule has 0 atom stereocenters. The number of methoxy groups -OCH3 is 1. The summed E-state index contributed by atoms with van der Waals surface area (Å²) in [6.07, 6.45) is -1.87. The first-order chi connectivity index (χ1) is 10.9. The highest BCUT2D eigenvalue weighted by Crippen LogP contribution is 2.22. The average Bonchev–Trinajstić information content (AvgIpc) is 2.50. The third-order valence-electron chi connectivity index (χ3n) is 2.97. The highest BCUT2D eigenvalue weighted by atomic mass is 19.4. The Kier molecular flexibility index (Phi) is 7.80. The molecule has 0 fully saturated rings. The van der Waals surface area contributed by atoms with Crippen molar-refractivity contribution in [1.29, 1.82) is 0 Å². The molecule has 130 valence electrons. The number of amides is 1. The predicted molar refractivity (Wildman–Crippen MR) is 78.5 cm³/mol. The van der Waals surface area contributed by atoms with Crippen molar-refractivity contribution in [3.8, 4) is 5.88 Å². The summed E-state index contributed by atoms with van der Waals surface area (Å²) in [7, 11) is 1.49. The van der Waals surface area contributed by atoms with Crippen LogP contribution in [0.2, 0.25) is 0 Å². The van der Waals surface area contributed by atoms with E-state index in [1.165, 1.54) is 25.4 Å². The fourth-order valence-electron chi connectivity index (χ4n) is 1.88. The molecule has 0 N–H and O–H groups in total. The third kappa shape index (κ3) is 6.85. The van der Waals surface area contributed by atoms with E-state index < -0.39 is 18.6 Å². The second kappa shape index (κ2) is 9.34. The van der Waals surface area contributed by atoms with Crippen molar-refractivity contribution in [2.45, 2.75) is 25.9 Å². The smallest absolute Gasteiger partial charge is 0.406 e. The Bertz CT molecular complexity index is 495. The van der Waals surface area contributed by atoms with E-state index in [-0.39, 0.29) is 31.2 Å². The molecule has 1 rings (SSSR count). The minimum atomic E-state index is -4.46. The summed E-state index contributed by atoms with van der Waals surface area (Å²) in [5.74, 6) is -0.727. The summed E-state index contributed by atoms with van der Waals surface area (Å²) >= 11 is 0. The van der Waals surface area contributed by atoms with Gasteiger partial charge in [-0.25, -0.2) is 4.98 Å². The summed E-state index contributed by atoms with van der Waals surface area (Å²) in [5, 5.41) is 0. The second-order valence-electron chi connectivity index (χ2n) is 4.89. The zero-order valence-electron chi connectivity index (χ0n) is 13.2. The van der Waals surface area contributed by atoms with Gasteiger partial charge in [0.2, 0.25) is 5.88 Å². The van der Waals surface area contributed by atoms with Gasteiger partial charge in [0.15, 0.2) is 0 Å². The number of nitrogens with zero attached hydrogens (tertiary/aromatic N) is 2. The molecule has 0 unspecified atom stereocenters. The number of hydrogen-bond donors (Lipinski definition) is 0. The molecule has 8 heteroatoms. The minimum absolute atomic E-state index is 0.0122. The van der Waals surface area contributed by atoms with Crippen LogP contribution in [0.1, 0.15) is 30.1 Å². The van der Waals surface area contributed by atoms with Gasteiger partial charge < -0.3 is 14.4 Å². The van der Waals surface area contributed by atoms with Crippen LogP contribution in [0.15, 0.2) is 18.3 Å². The maximum atomic E-state index is 12.7. The van der Waals surface area contributed by atoms with E-state index >= 15 is 0 Å². The summed E-state index contributed by atoms with van der Waals surface area (Å²) in [6, 6.07) is 2.90. The Balaban J connectivity index is 2.93. The van der Waals surface area contributed by atoms with E-state index in [4.69, 9.17) is 9.47 Å². The lowest BCUT2D eigenvalue weighted by Crippen LogP contribution is -2.39. The van der Waals surface area contributed by atoms with Crippen molar-refractivity contribution in [3.63, 3.8) is 0 Å². The SMILES string of the molecule is CCCCN(CC(F)(F)F)C(=O)c1cccnc1OCCOC. The first-order valence-corrected chi connectivity index (χ1v) is 7.31. The lowest BCUT2D eigenvalue weighted by atomic mass is 10.2. The van der Waals surface area contributed by atoms with Crippen LogP contribution in [0.3, 0.4) is 0 Å². The monoisotopic (exact) mass is 334 g/mol. The molecule has 1 heterocycles. The van der Waals surface area contributed by atoms with Gasteiger partial charge in [-0.15, -0.1) is 0 Å². The number of carbonyl (C=O) groups is 1. The van der Waals surface area contributed by atoms with Crippen LogP contribution < -0.4 is 4.74 Å². The third-order valence-corrected chi connectivity index (χ3v) is 2.97. The highest BCUT2D eigenvalue weighted by Gasteiger charge is 2.34. The normalized spacial score (nSPS) is 11.3. The van der Waals surface area contributed by atoms with Gasteiger partial charge in [0.25, 0.3) is 5.91 Å². The Morgan fingerprint density at radius 2 is 2.09 bits per heavy atom. The number of aromatic nitrogens is 1. The number of ether oxygens (including phenoxy) is 2. The molecular weight excluding hydrogens is 313 g/mol. The molecule has 23 heavy (non-hydrogen) atoms. The summed E-state index contributed by atoms with van der Waals surface area (Å²) < 4.78 is 48.3. The van der Waals surface area contributed by atoms with E-state index in [9.17, 15) is 18.0 Å². The fraction of sp³-hybridized carbons (Fsp3) is 0.600. The quantitative estimate of drug-likeness (QED) is 0.652. The molecular formula is C15H21F3N2O3. The zero-order chi connectivity index (χ0) is 17.3. The molecule has 0 aromatic carbocycles. The topological polar surface area (TPSA) is 51.7 Å². The lowest BCUT2D eigenvalue weighted by molar-refractivity contribution is -0.140. The Hall–Kier alpha value is -1.83. The van der Waals surface area contributed by atoms with Gasteiger partial charge in [-0.1, -0.05) is 13.3 Å². The fourth-order valence-corrected chi connectivity index (χ4v) is 1.88. The van der Waals surface area contributed by atoms with Gasteiger partial charge in [0.1, 0.15) is 18.7 Å². The standard InChI is InChI=1S/C15H21F3N2O3/c1-3-4-8-20(11-15(16,17)18)14(21)12-6-5-7-19-13(12)23-10-9-22-2/h5-7H,3-4,8-11H2,1-2H3. The molecule has 5 nitrogen and oxygen atoms in total. The molecule has 1 amide bonds. The number of carbonyl (C=O) groups excluding carboxylic acids is 1. The van der Waals surface area contributed by atoms with Crippen molar-refractivity contribution in [3.05, 3.63) is 23.9 Å². The van der Waals surface area contributed by atoms with E-state index in [0.29, 0.717) is 12.8 Å².